The molecule has 4 aromatic rings. The number of hydrogen-bond donors (Lipinski definition) is 1. The normalized spacial score (nSPS) is 10.8. The second-order valence-electron chi connectivity index (χ2n) is 6.77. The molecule has 29 heavy (non-hydrogen) atoms. The summed E-state index contributed by atoms with van der Waals surface area (Å²) in [7, 11) is 0. The lowest BCUT2D eigenvalue weighted by Crippen LogP contribution is -2.22. The second kappa shape index (κ2) is 7.67. The number of carbonyl (C=O) groups is 1. The average Bonchev–Trinajstić information content (AvgIpc) is 3.24. The van der Waals surface area contributed by atoms with Crippen LogP contribution in [0.5, 0.6) is 5.75 Å². The highest BCUT2D eigenvalue weighted by Crippen LogP contribution is 2.31. The zero-order valence-corrected chi connectivity index (χ0v) is 16.0. The first-order chi connectivity index (χ1) is 14.0. The van der Waals surface area contributed by atoms with E-state index in [1.54, 1.807) is 36.4 Å². The Morgan fingerprint density at radius 1 is 1.03 bits per heavy atom. The molecule has 0 fully saturated rings. The number of amides is 1. The quantitative estimate of drug-likeness (QED) is 0.536. The van der Waals surface area contributed by atoms with Crippen LogP contribution < -0.4 is 15.5 Å². The third-order valence-electron chi connectivity index (χ3n) is 4.43. The third kappa shape index (κ3) is 3.91. The van der Waals surface area contributed by atoms with Crippen LogP contribution in [0.15, 0.2) is 74.5 Å². The Morgan fingerprint density at radius 2 is 1.79 bits per heavy atom. The molecule has 0 aliphatic rings. The Bertz CT molecular complexity index is 1220. The summed E-state index contributed by atoms with van der Waals surface area (Å²) >= 11 is 0. The molecule has 1 N–H and O–H groups in total. The summed E-state index contributed by atoms with van der Waals surface area (Å²) in [6.07, 6.45) is 1.47. The first-order valence-electron chi connectivity index (χ1n) is 9.12. The molecule has 0 unspecified atom stereocenters. The van der Waals surface area contributed by atoms with E-state index < -0.39 is 0 Å². The number of furan rings is 1. The molecule has 0 saturated carbocycles. The monoisotopic (exact) mass is 389 g/mol. The summed E-state index contributed by atoms with van der Waals surface area (Å²) in [6, 6.07) is 16.0. The van der Waals surface area contributed by atoms with Crippen molar-refractivity contribution >= 4 is 22.6 Å². The number of fused-ring (bicyclic) bond motifs is 1. The fraction of sp³-hybridized carbons (Fsp3) is 0.130. The molecule has 2 aromatic heterocycles. The molecule has 2 heterocycles. The zero-order valence-electron chi connectivity index (χ0n) is 16.0. The van der Waals surface area contributed by atoms with Gasteiger partial charge in [0.1, 0.15) is 5.58 Å². The molecule has 2 aromatic carbocycles. The summed E-state index contributed by atoms with van der Waals surface area (Å²) in [6.45, 7) is 3.50. The molecule has 4 rings (SSSR count). The molecule has 1 amide bonds. The van der Waals surface area contributed by atoms with E-state index in [1.807, 2.05) is 32.0 Å². The van der Waals surface area contributed by atoms with Crippen LogP contribution in [0.2, 0.25) is 0 Å². The van der Waals surface area contributed by atoms with Crippen LogP contribution in [0.4, 0.5) is 5.69 Å². The molecule has 0 aliphatic heterocycles. The van der Waals surface area contributed by atoms with E-state index in [4.69, 9.17) is 13.6 Å². The highest BCUT2D eigenvalue weighted by Gasteiger charge is 2.20. The summed E-state index contributed by atoms with van der Waals surface area (Å²) < 4.78 is 16.9. The van der Waals surface area contributed by atoms with Crippen molar-refractivity contribution in [3.8, 4) is 17.3 Å². The maximum Gasteiger partial charge on any atom is 0.262 e. The van der Waals surface area contributed by atoms with Crippen LogP contribution in [0.3, 0.4) is 0 Å². The largest absolute Gasteiger partial charge is 0.476 e. The number of carbonyl (C=O) groups excluding carboxylic acids is 1. The van der Waals surface area contributed by atoms with Gasteiger partial charge in [0.25, 0.3) is 5.91 Å². The number of nitrogens with one attached hydrogen (secondary N) is 1. The van der Waals surface area contributed by atoms with Gasteiger partial charge in [-0.3, -0.25) is 9.59 Å². The van der Waals surface area contributed by atoms with Crippen molar-refractivity contribution in [2.24, 2.45) is 0 Å². The number of rotatable bonds is 5. The van der Waals surface area contributed by atoms with Gasteiger partial charge < -0.3 is 18.9 Å². The maximum absolute atomic E-state index is 13.0. The first kappa shape index (κ1) is 18.6. The van der Waals surface area contributed by atoms with Crippen LogP contribution in [0.25, 0.3) is 22.5 Å². The van der Waals surface area contributed by atoms with Crippen LogP contribution in [-0.4, -0.2) is 12.5 Å². The van der Waals surface area contributed by atoms with E-state index >= 15 is 0 Å². The molecular formula is C23H19NO5. The topological polar surface area (TPSA) is 81.7 Å². The van der Waals surface area contributed by atoms with Crippen LogP contribution in [0.1, 0.15) is 11.1 Å². The molecular weight excluding hydrogens is 370 g/mol. The van der Waals surface area contributed by atoms with E-state index in [9.17, 15) is 9.59 Å². The minimum Gasteiger partial charge on any atom is -0.476 e. The first-order valence-corrected chi connectivity index (χ1v) is 9.12. The van der Waals surface area contributed by atoms with Gasteiger partial charge in [0.05, 0.1) is 11.6 Å². The lowest BCUT2D eigenvalue weighted by Gasteiger charge is -2.11. The fourth-order valence-corrected chi connectivity index (χ4v) is 2.96. The number of anilines is 1. The van der Waals surface area contributed by atoms with Gasteiger partial charge in [-0.1, -0.05) is 29.3 Å². The van der Waals surface area contributed by atoms with Gasteiger partial charge in [-0.25, -0.2) is 0 Å². The van der Waals surface area contributed by atoms with Crippen molar-refractivity contribution in [1.82, 2.24) is 0 Å². The van der Waals surface area contributed by atoms with Crippen LogP contribution in [0, 0.1) is 13.8 Å². The van der Waals surface area contributed by atoms with E-state index in [2.05, 4.69) is 5.32 Å². The Hall–Kier alpha value is -3.80. The Kier molecular flexibility index (Phi) is 4.91. The van der Waals surface area contributed by atoms with Crippen LogP contribution >= 0.6 is 0 Å². The summed E-state index contributed by atoms with van der Waals surface area (Å²) in [5.41, 5.74) is 2.72. The van der Waals surface area contributed by atoms with Crippen molar-refractivity contribution in [3.05, 3.63) is 82.2 Å². The van der Waals surface area contributed by atoms with Crippen molar-refractivity contribution in [2.75, 3.05) is 11.9 Å². The lowest BCUT2D eigenvalue weighted by molar-refractivity contribution is -0.118. The predicted octanol–water partition coefficient (Wildman–Crippen LogP) is 4.69. The van der Waals surface area contributed by atoms with Crippen molar-refractivity contribution in [1.29, 1.82) is 0 Å². The number of aryl methyl sites for hydroxylation is 2. The van der Waals surface area contributed by atoms with Gasteiger partial charge in [0, 0.05) is 5.69 Å². The van der Waals surface area contributed by atoms with Crippen molar-refractivity contribution in [3.63, 3.8) is 0 Å². The molecule has 0 aliphatic carbocycles. The average molecular weight is 389 g/mol. The molecule has 0 spiro atoms. The van der Waals surface area contributed by atoms with Gasteiger partial charge >= 0.3 is 0 Å². The fourth-order valence-electron chi connectivity index (χ4n) is 2.96. The van der Waals surface area contributed by atoms with Gasteiger partial charge in [-0.05, 0) is 50.2 Å². The Labute approximate surface area is 166 Å². The zero-order chi connectivity index (χ0) is 20.4. The molecule has 0 saturated heterocycles. The summed E-state index contributed by atoms with van der Waals surface area (Å²) in [5.74, 6) is 0.0538. The third-order valence-corrected chi connectivity index (χ3v) is 4.43. The molecule has 6 heteroatoms. The molecule has 0 atom stereocenters. The molecule has 0 radical (unpaired) electrons. The summed E-state index contributed by atoms with van der Waals surface area (Å²) in [5, 5.41) is 3.12. The Morgan fingerprint density at radius 3 is 2.52 bits per heavy atom. The second-order valence-corrected chi connectivity index (χ2v) is 6.77. The standard InChI is InChI=1S/C23H19NO5/c1-14-5-8-16(9-6-14)24-20(25)13-28-23-21(26)17-12-15(2)7-10-18(17)29-22(23)19-4-3-11-27-19/h3-12H,13H2,1-2H3,(H,24,25). The lowest BCUT2D eigenvalue weighted by atomic mass is 10.1. The number of hydrogen-bond acceptors (Lipinski definition) is 5. The summed E-state index contributed by atoms with van der Waals surface area (Å²) in [4.78, 5) is 25.4. The van der Waals surface area contributed by atoms with Crippen molar-refractivity contribution in [2.45, 2.75) is 13.8 Å². The highest BCUT2D eigenvalue weighted by atomic mass is 16.5. The highest BCUT2D eigenvalue weighted by molar-refractivity contribution is 5.92. The van der Waals surface area contributed by atoms with Gasteiger partial charge in [-0.15, -0.1) is 0 Å². The minimum absolute atomic E-state index is 0.0582. The number of benzene rings is 2. The van der Waals surface area contributed by atoms with Crippen molar-refractivity contribution < 1.29 is 18.4 Å². The smallest absolute Gasteiger partial charge is 0.262 e. The van der Waals surface area contributed by atoms with E-state index in [0.717, 1.165) is 11.1 Å². The van der Waals surface area contributed by atoms with E-state index in [1.165, 1.54) is 6.26 Å². The van der Waals surface area contributed by atoms with E-state index in [0.29, 0.717) is 22.4 Å². The molecule has 6 nitrogen and oxygen atoms in total. The van der Waals surface area contributed by atoms with Gasteiger partial charge in [0.15, 0.2) is 12.4 Å². The molecule has 0 bridgehead atoms. The van der Waals surface area contributed by atoms with Gasteiger partial charge in [-0.2, -0.15) is 0 Å². The minimum atomic E-state index is -0.386. The van der Waals surface area contributed by atoms with Gasteiger partial charge in [0.2, 0.25) is 16.9 Å². The number of ether oxygens (including phenoxy) is 1. The SMILES string of the molecule is Cc1ccc(NC(=O)COc2c(-c3ccco3)oc3ccc(C)cc3c2=O)cc1. The maximum atomic E-state index is 13.0. The van der Waals surface area contributed by atoms with E-state index in [-0.39, 0.29) is 29.5 Å². The predicted molar refractivity (Wildman–Crippen MR) is 110 cm³/mol. The van der Waals surface area contributed by atoms with Crippen LogP contribution in [-0.2, 0) is 4.79 Å². The molecule has 146 valence electrons. The Balaban J connectivity index is 1.65.